The van der Waals surface area contributed by atoms with Crippen molar-refractivity contribution in [1.29, 1.82) is 0 Å². The number of benzene rings is 1. The van der Waals surface area contributed by atoms with E-state index in [1.54, 1.807) is 5.56 Å². The van der Waals surface area contributed by atoms with Gasteiger partial charge in [0.2, 0.25) is 0 Å². The highest BCUT2D eigenvalue weighted by Crippen LogP contribution is 2.41. The van der Waals surface area contributed by atoms with Gasteiger partial charge in [0.15, 0.2) is 0 Å². The first-order chi connectivity index (χ1) is 10.6. The van der Waals surface area contributed by atoms with E-state index in [1.165, 1.54) is 17.5 Å². The molecule has 2 heterocycles. The van der Waals surface area contributed by atoms with Gasteiger partial charge in [-0.15, -0.1) is 0 Å². The summed E-state index contributed by atoms with van der Waals surface area (Å²) in [5.74, 6) is -2.17. The molecule has 0 radical (unpaired) electrons. The average molecular weight is 331 g/mol. The zero-order valence-corrected chi connectivity index (χ0v) is 13.0. The van der Waals surface area contributed by atoms with Gasteiger partial charge in [-0.3, -0.25) is 0 Å². The van der Waals surface area contributed by atoms with Gasteiger partial charge in [-0.25, -0.2) is 4.79 Å². The maximum atomic E-state index is 10.6. The number of rotatable bonds is 0. The lowest BCUT2D eigenvalue weighted by molar-refractivity contribution is -0.192. The van der Waals surface area contributed by atoms with Crippen LogP contribution in [0, 0.1) is 0 Å². The summed E-state index contributed by atoms with van der Waals surface area (Å²) in [4.78, 5) is 8.90. The summed E-state index contributed by atoms with van der Waals surface area (Å²) in [6.07, 6.45) is -3.89. The van der Waals surface area contributed by atoms with Crippen LogP contribution in [0.2, 0.25) is 0 Å². The van der Waals surface area contributed by atoms with Crippen LogP contribution >= 0.6 is 0 Å². The lowest BCUT2D eigenvalue weighted by atomic mass is 9.80. The Morgan fingerprint density at radius 1 is 1.39 bits per heavy atom. The van der Waals surface area contributed by atoms with Crippen molar-refractivity contribution >= 4 is 5.97 Å². The van der Waals surface area contributed by atoms with E-state index in [9.17, 15) is 13.2 Å². The molecule has 3 rings (SSSR count). The minimum atomic E-state index is -5.08. The second-order valence-corrected chi connectivity index (χ2v) is 6.16. The van der Waals surface area contributed by atoms with Crippen molar-refractivity contribution in [3.8, 4) is 0 Å². The van der Waals surface area contributed by atoms with Gasteiger partial charge in [0, 0.05) is 12.5 Å². The minimum Gasteiger partial charge on any atom is -0.475 e. The molecule has 23 heavy (non-hydrogen) atoms. The van der Waals surface area contributed by atoms with Gasteiger partial charge in [0.1, 0.15) is 0 Å². The van der Waals surface area contributed by atoms with Gasteiger partial charge in [-0.1, -0.05) is 18.2 Å². The third kappa shape index (κ3) is 4.03. The fraction of sp³-hybridized carbons (Fsp3) is 0.562. The summed E-state index contributed by atoms with van der Waals surface area (Å²) >= 11 is 0. The van der Waals surface area contributed by atoms with Crippen molar-refractivity contribution in [2.24, 2.45) is 0 Å². The molecule has 1 unspecified atom stereocenters. The molecule has 128 valence electrons. The van der Waals surface area contributed by atoms with Crippen molar-refractivity contribution in [2.75, 3.05) is 13.2 Å². The molecule has 0 bridgehead atoms. The van der Waals surface area contributed by atoms with E-state index in [1.807, 2.05) is 0 Å². The second-order valence-electron chi connectivity index (χ2n) is 6.16. The molecule has 1 atom stereocenters. The average Bonchev–Trinajstić information content (AvgIpc) is 2.66. The molecule has 0 saturated heterocycles. The number of ether oxygens (including phenoxy) is 1. The number of aliphatic carboxylic acids is 1. The van der Waals surface area contributed by atoms with Crippen LogP contribution < -0.4 is 5.32 Å². The van der Waals surface area contributed by atoms with Crippen molar-refractivity contribution in [3.63, 3.8) is 0 Å². The van der Waals surface area contributed by atoms with E-state index in [4.69, 9.17) is 14.6 Å². The van der Waals surface area contributed by atoms with E-state index >= 15 is 0 Å². The van der Waals surface area contributed by atoms with Crippen molar-refractivity contribution in [3.05, 3.63) is 34.9 Å². The van der Waals surface area contributed by atoms with Crippen molar-refractivity contribution in [2.45, 2.75) is 44.5 Å². The fourth-order valence-electron chi connectivity index (χ4n) is 2.97. The van der Waals surface area contributed by atoms with Crippen LogP contribution in [0.5, 0.6) is 0 Å². The largest absolute Gasteiger partial charge is 0.490 e. The van der Waals surface area contributed by atoms with Gasteiger partial charge < -0.3 is 15.2 Å². The first-order valence-corrected chi connectivity index (χ1v) is 7.40. The summed E-state index contributed by atoms with van der Waals surface area (Å²) < 4.78 is 37.7. The molecule has 0 amide bonds. The molecule has 1 aromatic rings. The highest BCUT2D eigenvalue weighted by atomic mass is 19.4. The van der Waals surface area contributed by atoms with Crippen LogP contribution in [0.4, 0.5) is 13.2 Å². The molecular formula is C16H20F3NO3. The van der Waals surface area contributed by atoms with Crippen LogP contribution in [0.15, 0.2) is 18.2 Å². The number of hydrogen-bond donors (Lipinski definition) is 2. The molecule has 0 saturated carbocycles. The fourth-order valence-corrected chi connectivity index (χ4v) is 2.97. The summed E-state index contributed by atoms with van der Waals surface area (Å²) in [6, 6.07) is 6.65. The molecule has 0 spiro atoms. The number of carboxylic acids is 1. The SMILES string of the molecule is CC1(C)OCC2CCNCc3cccc1c32.O=C(O)C(F)(F)F. The normalized spacial score (nSPS) is 22.2. The molecular weight excluding hydrogens is 311 g/mol. The first kappa shape index (κ1) is 17.7. The van der Waals surface area contributed by atoms with Crippen LogP contribution in [0.3, 0.4) is 0 Å². The zero-order valence-electron chi connectivity index (χ0n) is 13.0. The third-order valence-electron chi connectivity index (χ3n) is 4.13. The summed E-state index contributed by atoms with van der Waals surface area (Å²) in [7, 11) is 0. The standard InChI is InChI=1S/C14H19NO.C2HF3O2/c1-14(2)12-5-3-4-10-8-15-7-6-11(9-16-14)13(10)12;3-2(4,5)1(6)7/h3-5,11,15H,6-9H2,1-2H3;(H,6,7). The summed E-state index contributed by atoms with van der Waals surface area (Å²) in [5, 5.41) is 10.6. The minimum absolute atomic E-state index is 0.119. The van der Waals surface area contributed by atoms with Gasteiger partial charge in [-0.2, -0.15) is 13.2 Å². The summed E-state index contributed by atoms with van der Waals surface area (Å²) in [6.45, 7) is 7.34. The molecule has 2 aliphatic rings. The molecule has 7 heteroatoms. The van der Waals surface area contributed by atoms with Crippen LogP contribution in [0.1, 0.15) is 42.9 Å². The highest BCUT2D eigenvalue weighted by Gasteiger charge is 2.38. The summed E-state index contributed by atoms with van der Waals surface area (Å²) in [5.41, 5.74) is 4.30. The lowest BCUT2D eigenvalue weighted by Gasteiger charge is -2.37. The van der Waals surface area contributed by atoms with Crippen LogP contribution in [-0.2, 0) is 21.7 Å². The third-order valence-corrected chi connectivity index (χ3v) is 4.13. The maximum Gasteiger partial charge on any atom is 0.490 e. The van der Waals surface area contributed by atoms with Gasteiger partial charge >= 0.3 is 12.1 Å². The zero-order chi connectivity index (χ0) is 17.3. The molecule has 4 nitrogen and oxygen atoms in total. The second kappa shape index (κ2) is 6.49. The van der Waals surface area contributed by atoms with Crippen LogP contribution in [0.25, 0.3) is 0 Å². The number of carbonyl (C=O) groups is 1. The number of alkyl halides is 3. The van der Waals surface area contributed by atoms with Gasteiger partial charge in [0.25, 0.3) is 0 Å². The smallest absolute Gasteiger partial charge is 0.475 e. The molecule has 2 aliphatic heterocycles. The highest BCUT2D eigenvalue weighted by molar-refractivity contribution is 5.73. The molecule has 1 aromatic carbocycles. The molecule has 2 N–H and O–H groups in total. The monoisotopic (exact) mass is 331 g/mol. The Bertz CT molecular complexity index is 584. The Morgan fingerprint density at radius 2 is 2.04 bits per heavy atom. The first-order valence-electron chi connectivity index (χ1n) is 7.40. The number of halogens is 3. The van der Waals surface area contributed by atoms with E-state index in [0.29, 0.717) is 5.92 Å². The Morgan fingerprint density at radius 3 is 2.65 bits per heavy atom. The van der Waals surface area contributed by atoms with E-state index < -0.39 is 12.1 Å². The Labute approximate surface area is 132 Å². The Balaban J connectivity index is 0.000000236. The Kier molecular flexibility index (Phi) is 5.01. The van der Waals surface area contributed by atoms with Gasteiger partial charge in [0.05, 0.1) is 12.2 Å². The van der Waals surface area contributed by atoms with E-state index in [2.05, 4.69) is 37.4 Å². The number of carboxylic acid groups (broad SMARTS) is 1. The number of nitrogens with one attached hydrogen (secondary N) is 1. The predicted octanol–water partition coefficient (Wildman–Crippen LogP) is 3.16. The van der Waals surface area contributed by atoms with Crippen molar-refractivity contribution in [1.82, 2.24) is 5.32 Å². The van der Waals surface area contributed by atoms with E-state index in [0.717, 1.165) is 19.7 Å². The number of hydrogen-bond acceptors (Lipinski definition) is 3. The molecule has 0 aliphatic carbocycles. The maximum absolute atomic E-state index is 10.6. The van der Waals surface area contributed by atoms with E-state index in [-0.39, 0.29) is 5.60 Å². The quantitative estimate of drug-likeness (QED) is 0.767. The van der Waals surface area contributed by atoms with Crippen molar-refractivity contribution < 1.29 is 27.8 Å². The Hall–Kier alpha value is -1.60. The van der Waals surface area contributed by atoms with Gasteiger partial charge in [-0.05, 0) is 43.5 Å². The van der Waals surface area contributed by atoms with Crippen LogP contribution in [-0.4, -0.2) is 30.4 Å². The molecule has 0 aromatic heterocycles. The molecule has 0 fully saturated rings. The predicted molar refractivity (Wildman–Crippen MR) is 78.2 cm³/mol. The topological polar surface area (TPSA) is 58.6 Å². The lowest BCUT2D eigenvalue weighted by Crippen LogP contribution is -2.32.